The van der Waals surface area contributed by atoms with Crippen LogP contribution in [0.3, 0.4) is 0 Å². The van der Waals surface area contributed by atoms with Gasteiger partial charge >= 0.3 is 12.2 Å². The second-order valence-electron chi connectivity index (χ2n) is 5.79. The summed E-state index contributed by atoms with van der Waals surface area (Å²) in [6, 6.07) is 2.36. The third-order valence-electron chi connectivity index (χ3n) is 4.01. The molecule has 10 heteroatoms. The average molecular weight is 373 g/mol. The van der Waals surface area contributed by atoms with E-state index >= 15 is 0 Å². The van der Waals surface area contributed by atoms with Gasteiger partial charge in [-0.3, -0.25) is 9.59 Å². The van der Waals surface area contributed by atoms with Crippen LogP contribution in [-0.4, -0.2) is 63.0 Å². The number of methoxy groups -OCH3 is 1. The molecule has 2 rings (SSSR count). The van der Waals surface area contributed by atoms with Crippen molar-refractivity contribution in [2.24, 2.45) is 0 Å². The molecule has 0 radical (unpaired) electrons. The molecule has 2 heterocycles. The second kappa shape index (κ2) is 9.37. The van der Waals surface area contributed by atoms with E-state index in [4.69, 9.17) is 10.3 Å². The van der Waals surface area contributed by atoms with Crippen LogP contribution in [0, 0.1) is 0 Å². The fourth-order valence-electron chi connectivity index (χ4n) is 2.60. The Morgan fingerprint density at radius 3 is 2.93 bits per heavy atom. The molecule has 2 aromatic heterocycles. The van der Waals surface area contributed by atoms with Gasteiger partial charge in [-0.25, -0.2) is 9.78 Å². The standard InChI is InChI=1S/C17H19N5O5/c1-27-14(7-10-8-20-15-12(10)3-2-6-19-15)16(24)22-13(17(25)26)5-4-11(23)9-21-18/h2-3,6,8-9,13-14H,4-5,7H2,1H3,(H,19,20)(H,22,24)(H,25,26). The van der Waals surface area contributed by atoms with E-state index in [1.165, 1.54) is 7.11 Å². The summed E-state index contributed by atoms with van der Waals surface area (Å²) in [4.78, 5) is 44.9. The maximum atomic E-state index is 12.4. The number of hydrogen-bond donors (Lipinski definition) is 3. The molecule has 0 aliphatic carbocycles. The number of H-pyrrole nitrogens is 1. The molecule has 0 saturated heterocycles. The van der Waals surface area contributed by atoms with Crippen molar-refractivity contribution in [3.8, 4) is 0 Å². The van der Waals surface area contributed by atoms with Gasteiger partial charge in [-0.2, -0.15) is 4.79 Å². The largest absolute Gasteiger partial charge is 0.480 e. The molecule has 2 aromatic rings. The molecule has 3 N–H and O–H groups in total. The normalized spacial score (nSPS) is 12.8. The minimum Gasteiger partial charge on any atom is -0.480 e. The molecular formula is C17H19N5O5. The van der Waals surface area contributed by atoms with E-state index in [0.717, 1.165) is 10.9 Å². The maximum absolute atomic E-state index is 12.4. The van der Waals surface area contributed by atoms with Crippen molar-refractivity contribution in [3.63, 3.8) is 0 Å². The Labute approximate surface area is 154 Å². The molecule has 0 bridgehead atoms. The van der Waals surface area contributed by atoms with Crippen LogP contribution in [0.2, 0.25) is 0 Å². The molecule has 0 aromatic carbocycles. The molecule has 0 aliphatic heterocycles. The Morgan fingerprint density at radius 1 is 1.48 bits per heavy atom. The number of fused-ring (bicyclic) bond motifs is 1. The Bertz CT molecular complexity index is 887. The number of Topliss-reactive ketones (excluding diaryl/α,β-unsaturated/α-hetero) is 1. The van der Waals surface area contributed by atoms with Crippen molar-refractivity contribution in [2.75, 3.05) is 7.11 Å². The summed E-state index contributed by atoms with van der Waals surface area (Å²) < 4.78 is 5.22. The summed E-state index contributed by atoms with van der Waals surface area (Å²) >= 11 is 0. The zero-order chi connectivity index (χ0) is 19.8. The number of aliphatic carboxylic acids is 1. The number of carbonyl (C=O) groups is 3. The summed E-state index contributed by atoms with van der Waals surface area (Å²) in [5.74, 6) is -2.43. The molecule has 10 nitrogen and oxygen atoms in total. The molecule has 142 valence electrons. The van der Waals surface area contributed by atoms with Crippen LogP contribution >= 0.6 is 0 Å². The highest BCUT2D eigenvalue weighted by Gasteiger charge is 2.26. The zero-order valence-corrected chi connectivity index (χ0v) is 14.6. The predicted octanol–water partition coefficient (Wildman–Crippen LogP) is 0.340. The van der Waals surface area contributed by atoms with Crippen LogP contribution in [0.1, 0.15) is 18.4 Å². The molecule has 0 spiro atoms. The highest BCUT2D eigenvalue weighted by atomic mass is 16.5. The summed E-state index contributed by atoms with van der Waals surface area (Å²) in [5, 5.41) is 12.5. The highest BCUT2D eigenvalue weighted by molar-refractivity contribution is 6.25. The molecule has 2 atom stereocenters. The van der Waals surface area contributed by atoms with Gasteiger partial charge in [0.05, 0.1) is 0 Å². The number of aromatic amines is 1. The summed E-state index contributed by atoms with van der Waals surface area (Å²) in [7, 11) is 1.36. The molecule has 0 saturated carbocycles. The van der Waals surface area contributed by atoms with Gasteiger partial charge in [0.15, 0.2) is 0 Å². The van der Waals surface area contributed by atoms with E-state index in [0.29, 0.717) is 11.9 Å². The number of nitrogens with one attached hydrogen (secondary N) is 2. The second-order valence-corrected chi connectivity index (χ2v) is 5.79. The summed E-state index contributed by atoms with van der Waals surface area (Å²) in [6.07, 6.45) is 3.02. The lowest BCUT2D eigenvalue weighted by molar-refractivity contribution is -0.144. The van der Waals surface area contributed by atoms with Crippen LogP contribution < -0.4 is 5.32 Å². The number of rotatable bonds is 10. The summed E-state index contributed by atoms with van der Waals surface area (Å²) in [6.45, 7) is 0. The van der Waals surface area contributed by atoms with Crippen LogP contribution in [0.5, 0.6) is 0 Å². The van der Waals surface area contributed by atoms with Gasteiger partial charge in [0.1, 0.15) is 17.8 Å². The number of nitrogens with zero attached hydrogens (tertiary/aromatic N) is 3. The lowest BCUT2D eigenvalue weighted by atomic mass is 10.1. The molecule has 2 unspecified atom stereocenters. The van der Waals surface area contributed by atoms with Crippen molar-refractivity contribution in [1.29, 1.82) is 0 Å². The van der Waals surface area contributed by atoms with Crippen LogP contribution in [0.4, 0.5) is 0 Å². The summed E-state index contributed by atoms with van der Waals surface area (Å²) in [5.41, 5.74) is 9.78. The minimum atomic E-state index is -1.27. The van der Waals surface area contributed by atoms with E-state index < -0.39 is 29.8 Å². The van der Waals surface area contributed by atoms with Gasteiger partial charge in [-0.1, -0.05) is 0 Å². The van der Waals surface area contributed by atoms with Crippen molar-refractivity contribution < 1.29 is 29.0 Å². The number of carboxylic acids is 1. The SMILES string of the molecule is COC(Cc1c[nH]c2ncccc12)C(=O)NC(CCC(=O)C=[N+]=[N-])C(=O)O. The number of amides is 1. The van der Waals surface area contributed by atoms with Crippen molar-refractivity contribution in [2.45, 2.75) is 31.4 Å². The fourth-order valence-corrected chi connectivity index (χ4v) is 2.60. The van der Waals surface area contributed by atoms with E-state index in [9.17, 15) is 19.5 Å². The van der Waals surface area contributed by atoms with E-state index in [1.54, 1.807) is 18.5 Å². The Hall–Kier alpha value is -3.36. The van der Waals surface area contributed by atoms with Gasteiger partial charge in [0.25, 0.3) is 0 Å². The average Bonchev–Trinajstić information content (AvgIpc) is 3.05. The van der Waals surface area contributed by atoms with Gasteiger partial charge in [0, 0.05) is 37.7 Å². The Kier molecular flexibility index (Phi) is 6.93. The zero-order valence-electron chi connectivity index (χ0n) is 14.6. The highest BCUT2D eigenvalue weighted by Crippen LogP contribution is 2.18. The lowest BCUT2D eigenvalue weighted by Gasteiger charge is -2.19. The van der Waals surface area contributed by atoms with Crippen LogP contribution in [0.25, 0.3) is 16.6 Å². The molecule has 27 heavy (non-hydrogen) atoms. The van der Waals surface area contributed by atoms with Crippen LogP contribution in [0.15, 0.2) is 24.5 Å². The van der Waals surface area contributed by atoms with Gasteiger partial charge in [-0.15, -0.1) is 0 Å². The van der Waals surface area contributed by atoms with Crippen molar-refractivity contribution >= 4 is 34.9 Å². The first kappa shape index (κ1) is 20.0. The Morgan fingerprint density at radius 2 is 2.26 bits per heavy atom. The smallest absolute Gasteiger partial charge is 0.326 e. The number of ketones is 1. The number of ether oxygens (including phenoxy) is 1. The fraction of sp³-hybridized carbons (Fsp3) is 0.353. The van der Waals surface area contributed by atoms with Gasteiger partial charge in [-0.05, 0) is 24.1 Å². The maximum Gasteiger partial charge on any atom is 0.326 e. The molecule has 1 amide bonds. The first-order chi connectivity index (χ1) is 13.0. The number of pyridine rings is 1. The lowest BCUT2D eigenvalue weighted by Crippen LogP contribution is -2.46. The number of carboxylic acid groups (broad SMARTS) is 1. The quantitative estimate of drug-likeness (QED) is 0.309. The topological polar surface area (TPSA) is 158 Å². The Balaban J connectivity index is 2.04. The van der Waals surface area contributed by atoms with Crippen molar-refractivity contribution in [3.05, 3.63) is 35.6 Å². The molecule has 0 fully saturated rings. The molecular weight excluding hydrogens is 354 g/mol. The van der Waals surface area contributed by atoms with Crippen LogP contribution in [-0.2, 0) is 25.5 Å². The number of aromatic nitrogens is 2. The third-order valence-corrected chi connectivity index (χ3v) is 4.01. The van der Waals surface area contributed by atoms with Crippen molar-refractivity contribution in [1.82, 2.24) is 15.3 Å². The number of carbonyl (C=O) groups excluding carboxylic acids is 2. The monoisotopic (exact) mass is 373 g/mol. The third kappa shape index (κ3) is 5.30. The molecule has 0 aliphatic rings. The van der Waals surface area contributed by atoms with E-state index in [-0.39, 0.29) is 19.3 Å². The van der Waals surface area contributed by atoms with E-state index in [2.05, 4.69) is 20.1 Å². The van der Waals surface area contributed by atoms with Gasteiger partial charge < -0.3 is 25.7 Å². The number of hydrogen-bond acceptors (Lipinski definition) is 5. The first-order valence-corrected chi connectivity index (χ1v) is 8.13. The van der Waals surface area contributed by atoms with Gasteiger partial charge in [0.2, 0.25) is 11.7 Å². The predicted molar refractivity (Wildman–Crippen MR) is 94.1 cm³/mol. The first-order valence-electron chi connectivity index (χ1n) is 8.13. The minimum absolute atomic E-state index is 0.140. The van der Waals surface area contributed by atoms with E-state index in [1.807, 2.05) is 6.07 Å².